The van der Waals surface area contributed by atoms with Gasteiger partial charge < -0.3 is 14.4 Å². The summed E-state index contributed by atoms with van der Waals surface area (Å²) in [5.74, 6) is -0.389. The minimum atomic E-state index is -0.389. The van der Waals surface area contributed by atoms with Gasteiger partial charge in [0.1, 0.15) is 0 Å². The zero-order valence-electron chi connectivity index (χ0n) is 9.94. The summed E-state index contributed by atoms with van der Waals surface area (Å²) in [7, 11) is 4.93. The Labute approximate surface area is 99.0 Å². The van der Waals surface area contributed by atoms with Crippen LogP contribution in [-0.4, -0.2) is 45.4 Å². The van der Waals surface area contributed by atoms with Gasteiger partial charge in [-0.25, -0.2) is 9.78 Å². The Morgan fingerprint density at radius 2 is 2.19 bits per heavy atom. The molecule has 1 rings (SSSR count). The molecule has 0 aliphatic heterocycles. The highest BCUT2D eigenvalue weighted by Gasteiger charge is 2.17. The number of hydrogen-bond donors (Lipinski definition) is 0. The number of carbonyl (C=O) groups excluding carboxylic acids is 1. The van der Waals surface area contributed by atoms with E-state index in [1.54, 1.807) is 7.11 Å². The largest absolute Gasteiger partial charge is 0.464 e. The minimum absolute atomic E-state index is 0.389. The van der Waals surface area contributed by atoms with Gasteiger partial charge in [-0.2, -0.15) is 0 Å². The lowest BCUT2D eigenvalue weighted by Crippen LogP contribution is -2.22. The SMILES string of the molecule is COCCN(C)c1nc(C(=O)OC)c(C)s1. The summed E-state index contributed by atoms with van der Waals surface area (Å²) in [4.78, 5) is 18.4. The van der Waals surface area contributed by atoms with Crippen LogP contribution in [0.1, 0.15) is 15.4 Å². The van der Waals surface area contributed by atoms with Gasteiger partial charge in [-0.3, -0.25) is 0 Å². The van der Waals surface area contributed by atoms with Crippen LogP contribution in [0.15, 0.2) is 0 Å². The van der Waals surface area contributed by atoms with Crippen molar-refractivity contribution in [1.82, 2.24) is 4.98 Å². The highest BCUT2D eigenvalue weighted by atomic mass is 32.1. The Kier molecular flexibility index (Phi) is 4.70. The van der Waals surface area contributed by atoms with Gasteiger partial charge in [0.25, 0.3) is 0 Å². The third-order valence-corrected chi connectivity index (χ3v) is 3.21. The fourth-order valence-electron chi connectivity index (χ4n) is 1.16. The van der Waals surface area contributed by atoms with Gasteiger partial charge in [0.05, 0.1) is 13.7 Å². The smallest absolute Gasteiger partial charge is 0.357 e. The van der Waals surface area contributed by atoms with Crippen LogP contribution in [-0.2, 0) is 9.47 Å². The lowest BCUT2D eigenvalue weighted by Gasteiger charge is -2.14. The lowest BCUT2D eigenvalue weighted by atomic mass is 10.4. The number of rotatable bonds is 5. The molecular weight excluding hydrogens is 228 g/mol. The van der Waals surface area contributed by atoms with Crippen molar-refractivity contribution in [3.05, 3.63) is 10.6 Å². The summed E-state index contributed by atoms with van der Waals surface area (Å²) in [5, 5.41) is 0.801. The number of carbonyl (C=O) groups is 1. The topological polar surface area (TPSA) is 51.7 Å². The van der Waals surface area contributed by atoms with Crippen LogP contribution < -0.4 is 4.90 Å². The van der Waals surface area contributed by atoms with E-state index in [2.05, 4.69) is 9.72 Å². The first-order chi connectivity index (χ1) is 7.60. The van der Waals surface area contributed by atoms with E-state index in [1.807, 2.05) is 18.9 Å². The van der Waals surface area contributed by atoms with Gasteiger partial charge >= 0.3 is 5.97 Å². The molecule has 0 radical (unpaired) electrons. The molecule has 0 amide bonds. The number of anilines is 1. The molecule has 16 heavy (non-hydrogen) atoms. The molecule has 90 valence electrons. The molecule has 0 bridgehead atoms. The molecule has 0 aliphatic carbocycles. The fourth-order valence-corrected chi connectivity index (χ4v) is 2.04. The number of nitrogens with zero attached hydrogens (tertiary/aromatic N) is 2. The average molecular weight is 244 g/mol. The minimum Gasteiger partial charge on any atom is -0.464 e. The Hall–Kier alpha value is -1.14. The van der Waals surface area contributed by atoms with Crippen LogP contribution in [0.2, 0.25) is 0 Å². The molecule has 6 heteroatoms. The Morgan fingerprint density at radius 3 is 2.75 bits per heavy atom. The summed E-state index contributed by atoms with van der Waals surface area (Å²) in [5.41, 5.74) is 0.395. The molecule has 0 aromatic carbocycles. The molecule has 0 saturated carbocycles. The Balaban J connectivity index is 2.79. The van der Waals surface area contributed by atoms with Gasteiger partial charge in [0.15, 0.2) is 10.8 Å². The van der Waals surface area contributed by atoms with Crippen LogP contribution in [0, 0.1) is 6.92 Å². The van der Waals surface area contributed by atoms with Crippen molar-refractivity contribution in [2.75, 3.05) is 39.3 Å². The molecule has 1 aromatic rings. The number of likely N-dealkylation sites (N-methyl/N-ethyl adjacent to an activating group) is 1. The molecule has 0 atom stereocenters. The highest BCUT2D eigenvalue weighted by molar-refractivity contribution is 7.15. The summed E-state index contributed by atoms with van der Waals surface area (Å²) in [6, 6.07) is 0. The van der Waals surface area contributed by atoms with E-state index in [9.17, 15) is 4.79 Å². The first kappa shape index (κ1) is 12.9. The van der Waals surface area contributed by atoms with Crippen molar-refractivity contribution in [3.8, 4) is 0 Å². The van der Waals surface area contributed by atoms with E-state index >= 15 is 0 Å². The quantitative estimate of drug-likeness (QED) is 0.731. The van der Waals surface area contributed by atoms with E-state index in [4.69, 9.17) is 4.74 Å². The fraction of sp³-hybridized carbons (Fsp3) is 0.600. The van der Waals surface area contributed by atoms with Crippen molar-refractivity contribution in [2.45, 2.75) is 6.92 Å². The molecule has 0 unspecified atom stereocenters. The molecule has 0 spiro atoms. The number of aromatic nitrogens is 1. The van der Waals surface area contributed by atoms with Crippen LogP contribution in [0.4, 0.5) is 5.13 Å². The summed E-state index contributed by atoms with van der Waals surface area (Å²) in [6.07, 6.45) is 0. The van der Waals surface area contributed by atoms with Gasteiger partial charge in [0.2, 0.25) is 0 Å². The number of hydrogen-bond acceptors (Lipinski definition) is 6. The third kappa shape index (κ3) is 2.93. The molecule has 1 aromatic heterocycles. The van der Waals surface area contributed by atoms with Crippen LogP contribution in [0.5, 0.6) is 0 Å². The maximum Gasteiger partial charge on any atom is 0.357 e. The molecule has 0 fully saturated rings. The second-order valence-corrected chi connectivity index (χ2v) is 4.49. The highest BCUT2D eigenvalue weighted by Crippen LogP contribution is 2.25. The van der Waals surface area contributed by atoms with E-state index in [0.717, 1.165) is 16.6 Å². The summed E-state index contributed by atoms with van der Waals surface area (Å²) >= 11 is 1.48. The van der Waals surface area contributed by atoms with Crippen molar-refractivity contribution in [3.63, 3.8) is 0 Å². The van der Waals surface area contributed by atoms with Crippen LogP contribution in [0.3, 0.4) is 0 Å². The van der Waals surface area contributed by atoms with Crippen molar-refractivity contribution >= 4 is 22.4 Å². The maximum atomic E-state index is 11.4. The van der Waals surface area contributed by atoms with E-state index in [0.29, 0.717) is 12.3 Å². The average Bonchev–Trinajstić information content (AvgIpc) is 2.67. The molecular formula is C10H16N2O3S. The zero-order valence-corrected chi connectivity index (χ0v) is 10.8. The monoisotopic (exact) mass is 244 g/mol. The van der Waals surface area contributed by atoms with Crippen molar-refractivity contribution in [1.29, 1.82) is 0 Å². The molecule has 0 saturated heterocycles. The zero-order chi connectivity index (χ0) is 12.1. The number of aryl methyl sites for hydroxylation is 1. The maximum absolute atomic E-state index is 11.4. The third-order valence-electron chi connectivity index (χ3n) is 2.12. The Morgan fingerprint density at radius 1 is 1.50 bits per heavy atom. The molecule has 5 nitrogen and oxygen atoms in total. The summed E-state index contributed by atoms with van der Waals surface area (Å²) in [6.45, 7) is 3.23. The van der Waals surface area contributed by atoms with Gasteiger partial charge in [-0.05, 0) is 6.92 Å². The second-order valence-electron chi connectivity index (χ2n) is 3.31. The number of thiazole rings is 1. The number of esters is 1. The number of methoxy groups -OCH3 is 2. The Bertz CT molecular complexity index is 365. The van der Waals surface area contributed by atoms with Crippen LogP contribution >= 0.6 is 11.3 Å². The lowest BCUT2D eigenvalue weighted by molar-refractivity contribution is 0.0594. The number of ether oxygens (including phenoxy) is 2. The first-order valence-electron chi connectivity index (χ1n) is 4.86. The summed E-state index contributed by atoms with van der Waals surface area (Å²) < 4.78 is 9.64. The van der Waals surface area contributed by atoms with E-state index in [-0.39, 0.29) is 5.97 Å². The van der Waals surface area contributed by atoms with E-state index < -0.39 is 0 Å². The van der Waals surface area contributed by atoms with Gasteiger partial charge in [-0.15, -0.1) is 11.3 Å². The molecule has 1 heterocycles. The predicted molar refractivity (Wildman–Crippen MR) is 63.3 cm³/mol. The predicted octanol–water partition coefficient (Wildman–Crippen LogP) is 1.32. The van der Waals surface area contributed by atoms with E-state index in [1.165, 1.54) is 18.4 Å². The van der Waals surface area contributed by atoms with Crippen LogP contribution in [0.25, 0.3) is 0 Å². The first-order valence-corrected chi connectivity index (χ1v) is 5.67. The van der Waals surface area contributed by atoms with Gasteiger partial charge in [-0.1, -0.05) is 0 Å². The standard InChI is InChI=1S/C10H16N2O3S/c1-7-8(9(13)15-4)11-10(16-7)12(2)5-6-14-3/h5-6H2,1-4H3. The molecule has 0 aliphatic rings. The van der Waals surface area contributed by atoms with Gasteiger partial charge in [0, 0.05) is 25.6 Å². The molecule has 0 N–H and O–H groups in total. The van der Waals surface area contributed by atoms with Crippen molar-refractivity contribution in [2.24, 2.45) is 0 Å². The normalized spacial score (nSPS) is 10.2. The second kappa shape index (κ2) is 5.81. The van der Waals surface area contributed by atoms with Crippen molar-refractivity contribution < 1.29 is 14.3 Å².